The van der Waals surface area contributed by atoms with Crippen LogP contribution < -0.4 is 20.1 Å². The molecule has 26 heavy (non-hydrogen) atoms. The first-order chi connectivity index (χ1) is 12.5. The minimum atomic E-state index is -0.309. The van der Waals surface area contributed by atoms with Gasteiger partial charge in [0.05, 0.1) is 31.5 Å². The van der Waals surface area contributed by atoms with Gasteiger partial charge in [-0.05, 0) is 13.0 Å². The first-order valence-electron chi connectivity index (χ1n) is 7.79. The van der Waals surface area contributed by atoms with Crippen LogP contribution in [0.15, 0.2) is 18.2 Å². The fourth-order valence-electron chi connectivity index (χ4n) is 2.18. The standard InChI is InChI=1S/C17H21ClN4O4/c1-10-7-13(16(23)19-5-6-24-2)22-17(20-10)21-12-9-14(25-3)11(18)8-15(12)26-4/h7-9H,5-6H2,1-4H3,(H,19,23)(H,20,21,22). The lowest BCUT2D eigenvalue weighted by Crippen LogP contribution is -2.28. The van der Waals surface area contributed by atoms with E-state index in [9.17, 15) is 4.79 Å². The van der Waals surface area contributed by atoms with Crippen LogP contribution in [0.3, 0.4) is 0 Å². The van der Waals surface area contributed by atoms with Crippen LogP contribution in [0.25, 0.3) is 0 Å². The van der Waals surface area contributed by atoms with Crippen LogP contribution in [-0.4, -0.2) is 50.4 Å². The number of hydrogen-bond donors (Lipinski definition) is 2. The van der Waals surface area contributed by atoms with E-state index in [4.69, 9.17) is 25.8 Å². The van der Waals surface area contributed by atoms with Crippen molar-refractivity contribution in [1.82, 2.24) is 15.3 Å². The molecule has 0 saturated heterocycles. The Balaban J connectivity index is 2.28. The highest BCUT2D eigenvalue weighted by molar-refractivity contribution is 6.32. The number of carbonyl (C=O) groups excluding carboxylic acids is 1. The van der Waals surface area contributed by atoms with E-state index in [-0.39, 0.29) is 17.5 Å². The molecule has 2 N–H and O–H groups in total. The van der Waals surface area contributed by atoms with Crippen LogP contribution in [0.5, 0.6) is 11.5 Å². The third-order valence-electron chi connectivity index (χ3n) is 3.40. The molecule has 0 aliphatic heterocycles. The number of anilines is 2. The fourth-order valence-corrected chi connectivity index (χ4v) is 2.41. The normalized spacial score (nSPS) is 10.3. The number of nitrogens with one attached hydrogen (secondary N) is 2. The summed E-state index contributed by atoms with van der Waals surface area (Å²) in [6.45, 7) is 2.59. The Labute approximate surface area is 156 Å². The second-order valence-electron chi connectivity index (χ2n) is 5.28. The molecule has 0 spiro atoms. The number of carbonyl (C=O) groups is 1. The summed E-state index contributed by atoms with van der Waals surface area (Å²) < 4.78 is 15.5. The Bertz CT molecular complexity index is 786. The van der Waals surface area contributed by atoms with E-state index in [1.54, 1.807) is 32.2 Å². The van der Waals surface area contributed by atoms with Crippen molar-refractivity contribution in [3.05, 3.63) is 34.6 Å². The predicted molar refractivity (Wildman–Crippen MR) is 98.8 cm³/mol. The Morgan fingerprint density at radius 3 is 2.50 bits per heavy atom. The second-order valence-corrected chi connectivity index (χ2v) is 5.69. The summed E-state index contributed by atoms with van der Waals surface area (Å²) in [5.41, 5.74) is 1.44. The lowest BCUT2D eigenvalue weighted by molar-refractivity contribution is 0.0932. The topological polar surface area (TPSA) is 94.6 Å². The van der Waals surface area contributed by atoms with Gasteiger partial charge in [-0.3, -0.25) is 4.79 Å². The van der Waals surface area contributed by atoms with E-state index in [0.29, 0.717) is 41.1 Å². The van der Waals surface area contributed by atoms with Crippen molar-refractivity contribution in [3.8, 4) is 11.5 Å². The molecule has 2 rings (SSSR count). The number of halogens is 1. The summed E-state index contributed by atoms with van der Waals surface area (Å²) in [4.78, 5) is 20.8. The summed E-state index contributed by atoms with van der Waals surface area (Å²) in [5, 5.41) is 6.18. The number of hydrogen-bond acceptors (Lipinski definition) is 7. The average Bonchev–Trinajstić information content (AvgIpc) is 2.62. The van der Waals surface area contributed by atoms with Crippen LogP contribution in [0.4, 0.5) is 11.6 Å². The van der Waals surface area contributed by atoms with Crippen molar-refractivity contribution < 1.29 is 19.0 Å². The van der Waals surface area contributed by atoms with E-state index in [2.05, 4.69) is 20.6 Å². The maximum Gasteiger partial charge on any atom is 0.270 e. The molecule has 0 radical (unpaired) electrons. The van der Waals surface area contributed by atoms with Gasteiger partial charge < -0.3 is 24.8 Å². The third-order valence-corrected chi connectivity index (χ3v) is 3.69. The van der Waals surface area contributed by atoms with Gasteiger partial charge in [0.15, 0.2) is 0 Å². The molecule has 0 saturated carbocycles. The van der Waals surface area contributed by atoms with Gasteiger partial charge >= 0.3 is 0 Å². The first kappa shape index (κ1) is 19.7. The van der Waals surface area contributed by atoms with Crippen LogP contribution >= 0.6 is 11.6 Å². The molecule has 8 nitrogen and oxygen atoms in total. The van der Waals surface area contributed by atoms with Crippen molar-refractivity contribution in [2.24, 2.45) is 0 Å². The molecule has 9 heteroatoms. The highest BCUT2D eigenvalue weighted by Crippen LogP contribution is 2.36. The average molecular weight is 381 g/mol. The van der Waals surface area contributed by atoms with Crippen molar-refractivity contribution in [1.29, 1.82) is 0 Å². The molecule has 0 aliphatic carbocycles. The second kappa shape index (κ2) is 9.21. The maximum absolute atomic E-state index is 12.2. The largest absolute Gasteiger partial charge is 0.495 e. The molecule has 2 aromatic rings. The summed E-state index contributed by atoms with van der Waals surface area (Å²) in [7, 11) is 4.61. The van der Waals surface area contributed by atoms with E-state index in [1.807, 2.05) is 0 Å². The zero-order valence-electron chi connectivity index (χ0n) is 15.1. The van der Waals surface area contributed by atoms with Gasteiger partial charge in [-0.15, -0.1) is 0 Å². The highest BCUT2D eigenvalue weighted by atomic mass is 35.5. The van der Waals surface area contributed by atoms with Crippen LogP contribution in [-0.2, 0) is 4.74 Å². The quantitative estimate of drug-likeness (QED) is 0.679. The molecule has 1 aromatic carbocycles. The number of aromatic nitrogens is 2. The Morgan fingerprint density at radius 2 is 1.85 bits per heavy atom. The van der Waals surface area contributed by atoms with Crippen LogP contribution in [0.1, 0.15) is 16.2 Å². The minimum absolute atomic E-state index is 0.246. The number of aryl methyl sites for hydroxylation is 1. The summed E-state index contributed by atoms with van der Waals surface area (Å²) in [6.07, 6.45) is 0. The molecule has 140 valence electrons. The molecule has 0 aliphatic rings. The summed E-state index contributed by atoms with van der Waals surface area (Å²) >= 11 is 6.11. The van der Waals surface area contributed by atoms with Crippen molar-refractivity contribution in [3.63, 3.8) is 0 Å². The molecular weight excluding hydrogens is 360 g/mol. The van der Waals surface area contributed by atoms with Crippen molar-refractivity contribution >= 4 is 29.1 Å². The molecular formula is C17H21ClN4O4. The lowest BCUT2D eigenvalue weighted by Gasteiger charge is -2.14. The molecule has 0 fully saturated rings. The number of methoxy groups -OCH3 is 3. The smallest absolute Gasteiger partial charge is 0.270 e. The van der Waals surface area contributed by atoms with Crippen molar-refractivity contribution in [2.75, 3.05) is 39.8 Å². The number of nitrogens with zero attached hydrogens (tertiary/aromatic N) is 2. The number of benzene rings is 1. The molecule has 1 heterocycles. The summed E-state index contributed by atoms with van der Waals surface area (Å²) in [6, 6.07) is 4.90. The first-order valence-corrected chi connectivity index (χ1v) is 8.17. The van der Waals surface area contributed by atoms with E-state index >= 15 is 0 Å². The van der Waals surface area contributed by atoms with Gasteiger partial charge in [0, 0.05) is 31.5 Å². The maximum atomic E-state index is 12.2. The predicted octanol–water partition coefficient (Wildman–Crippen LogP) is 2.58. The van der Waals surface area contributed by atoms with Gasteiger partial charge in [-0.2, -0.15) is 0 Å². The lowest BCUT2D eigenvalue weighted by atomic mass is 10.2. The van der Waals surface area contributed by atoms with Gasteiger partial charge in [0.25, 0.3) is 5.91 Å². The van der Waals surface area contributed by atoms with Gasteiger partial charge in [0.2, 0.25) is 5.95 Å². The van der Waals surface area contributed by atoms with Gasteiger partial charge in [-0.1, -0.05) is 11.6 Å². The van der Waals surface area contributed by atoms with Gasteiger partial charge in [-0.25, -0.2) is 9.97 Å². The zero-order chi connectivity index (χ0) is 19.1. The number of rotatable bonds is 8. The monoisotopic (exact) mass is 380 g/mol. The highest BCUT2D eigenvalue weighted by Gasteiger charge is 2.14. The summed E-state index contributed by atoms with van der Waals surface area (Å²) in [5.74, 6) is 0.910. The molecule has 0 bridgehead atoms. The fraction of sp³-hybridized carbons (Fsp3) is 0.353. The number of amides is 1. The molecule has 1 amide bonds. The van der Waals surface area contributed by atoms with Gasteiger partial charge in [0.1, 0.15) is 17.2 Å². The Morgan fingerprint density at radius 1 is 1.12 bits per heavy atom. The number of ether oxygens (including phenoxy) is 3. The minimum Gasteiger partial charge on any atom is -0.495 e. The zero-order valence-corrected chi connectivity index (χ0v) is 15.8. The molecule has 0 atom stereocenters. The Hall–Kier alpha value is -2.58. The molecule has 0 unspecified atom stereocenters. The van der Waals surface area contributed by atoms with Crippen molar-refractivity contribution in [2.45, 2.75) is 6.92 Å². The Kier molecular flexibility index (Phi) is 6.99. The van der Waals surface area contributed by atoms with E-state index in [0.717, 1.165) is 0 Å². The van der Waals surface area contributed by atoms with E-state index in [1.165, 1.54) is 14.2 Å². The SMILES string of the molecule is COCCNC(=O)c1cc(C)nc(Nc2cc(OC)c(Cl)cc2OC)n1. The van der Waals surface area contributed by atoms with Crippen LogP contribution in [0, 0.1) is 6.92 Å². The van der Waals surface area contributed by atoms with E-state index < -0.39 is 0 Å². The van der Waals surface area contributed by atoms with Crippen LogP contribution in [0.2, 0.25) is 5.02 Å². The molecule has 1 aromatic heterocycles. The third kappa shape index (κ3) is 4.96.